The summed E-state index contributed by atoms with van der Waals surface area (Å²) < 4.78 is 5.53. The van der Waals surface area contributed by atoms with Gasteiger partial charge in [0.1, 0.15) is 11.8 Å². The number of aliphatic carboxylic acids is 1. The highest BCUT2D eigenvalue weighted by Gasteiger charge is 2.31. The lowest BCUT2D eigenvalue weighted by Crippen LogP contribution is -2.47. The molecule has 23 heavy (non-hydrogen) atoms. The monoisotopic (exact) mass is 320 g/mol. The number of carbonyl (C=O) groups excluding carboxylic acids is 2. The van der Waals surface area contributed by atoms with E-state index in [0.717, 1.165) is 0 Å². The minimum Gasteiger partial charge on any atom is -0.480 e. The molecule has 124 valence electrons. The number of ether oxygens (including phenoxy) is 1. The maximum atomic E-state index is 12.3. The second-order valence-corrected chi connectivity index (χ2v) is 5.33. The van der Waals surface area contributed by atoms with E-state index in [1.807, 2.05) is 6.07 Å². The van der Waals surface area contributed by atoms with Gasteiger partial charge in [0.25, 0.3) is 5.91 Å². The molecule has 2 unspecified atom stereocenters. The summed E-state index contributed by atoms with van der Waals surface area (Å²) in [5.41, 5.74) is 0.619. The van der Waals surface area contributed by atoms with Crippen molar-refractivity contribution in [3.63, 3.8) is 0 Å². The van der Waals surface area contributed by atoms with Crippen molar-refractivity contribution in [2.24, 2.45) is 0 Å². The molecule has 1 aromatic rings. The predicted octanol–water partition coefficient (Wildman–Crippen LogP) is 1.17. The Bertz CT molecular complexity index is 616. The highest BCUT2D eigenvalue weighted by molar-refractivity contribution is 6.00. The molecule has 0 bridgehead atoms. The summed E-state index contributed by atoms with van der Waals surface area (Å²) in [4.78, 5) is 36.6. The van der Waals surface area contributed by atoms with Crippen molar-refractivity contribution < 1.29 is 24.2 Å². The number of carboxylic acids is 1. The molecule has 1 aromatic carbocycles. The van der Waals surface area contributed by atoms with Crippen LogP contribution < -0.4 is 15.0 Å². The molecule has 0 spiro atoms. The molecule has 0 saturated heterocycles. The van der Waals surface area contributed by atoms with Crippen LogP contribution >= 0.6 is 0 Å². The number of hydrogen-bond acceptors (Lipinski definition) is 4. The van der Waals surface area contributed by atoms with Crippen LogP contribution in [0.1, 0.15) is 26.7 Å². The highest BCUT2D eigenvalue weighted by Crippen LogP contribution is 2.33. The molecule has 1 aliphatic heterocycles. The number of hydrogen-bond donors (Lipinski definition) is 2. The molecule has 2 rings (SSSR count). The first-order chi connectivity index (χ1) is 10.9. The average Bonchev–Trinajstić information content (AvgIpc) is 2.52. The van der Waals surface area contributed by atoms with E-state index in [0.29, 0.717) is 17.9 Å². The number of carboxylic acid groups (broad SMARTS) is 1. The molecule has 0 fully saturated rings. The molecule has 2 atom stereocenters. The Kier molecular flexibility index (Phi) is 5.20. The largest absolute Gasteiger partial charge is 0.480 e. The molecule has 2 N–H and O–H groups in total. The van der Waals surface area contributed by atoms with Gasteiger partial charge in [-0.1, -0.05) is 19.1 Å². The van der Waals surface area contributed by atoms with E-state index in [9.17, 15) is 14.4 Å². The highest BCUT2D eigenvalue weighted by atomic mass is 16.5. The summed E-state index contributed by atoms with van der Waals surface area (Å²) in [5.74, 6) is -1.09. The van der Waals surface area contributed by atoms with Crippen LogP contribution in [0.3, 0.4) is 0 Å². The van der Waals surface area contributed by atoms with Crippen molar-refractivity contribution in [2.75, 3.05) is 11.4 Å². The molecular formula is C16H20N2O5. The first-order valence-electron chi connectivity index (χ1n) is 7.53. The molecule has 7 heteroatoms. The van der Waals surface area contributed by atoms with E-state index < -0.39 is 24.0 Å². The topological polar surface area (TPSA) is 95.9 Å². The molecule has 0 aliphatic carbocycles. The summed E-state index contributed by atoms with van der Waals surface area (Å²) >= 11 is 0. The van der Waals surface area contributed by atoms with Gasteiger partial charge in [-0.2, -0.15) is 0 Å². The van der Waals surface area contributed by atoms with Crippen LogP contribution in [-0.2, 0) is 14.4 Å². The van der Waals surface area contributed by atoms with Gasteiger partial charge in [0, 0.05) is 13.0 Å². The Morgan fingerprint density at radius 2 is 2.09 bits per heavy atom. The third kappa shape index (κ3) is 3.80. The molecule has 0 saturated carbocycles. The predicted molar refractivity (Wildman–Crippen MR) is 83.4 cm³/mol. The summed E-state index contributed by atoms with van der Waals surface area (Å²) in [6.45, 7) is 3.51. The van der Waals surface area contributed by atoms with Crippen LogP contribution in [-0.4, -0.2) is 41.6 Å². The Morgan fingerprint density at radius 1 is 1.39 bits per heavy atom. The molecule has 7 nitrogen and oxygen atoms in total. The SMILES string of the molecule is CCC(NC(=O)CCN1C(=O)C(C)Oc2ccccc21)C(=O)O. The Morgan fingerprint density at radius 3 is 2.74 bits per heavy atom. The van der Waals surface area contributed by atoms with Gasteiger partial charge in [-0.15, -0.1) is 0 Å². The van der Waals surface area contributed by atoms with E-state index in [-0.39, 0.29) is 18.9 Å². The number of nitrogens with one attached hydrogen (secondary N) is 1. The van der Waals surface area contributed by atoms with Crippen LogP contribution in [0.5, 0.6) is 5.75 Å². The number of amides is 2. The van der Waals surface area contributed by atoms with Gasteiger partial charge in [-0.05, 0) is 25.5 Å². The quantitative estimate of drug-likeness (QED) is 0.820. The van der Waals surface area contributed by atoms with Gasteiger partial charge in [0.05, 0.1) is 5.69 Å². The number of rotatable bonds is 6. The second-order valence-electron chi connectivity index (χ2n) is 5.33. The number of carbonyl (C=O) groups is 3. The van der Waals surface area contributed by atoms with Crippen molar-refractivity contribution in [1.82, 2.24) is 5.32 Å². The molecule has 0 radical (unpaired) electrons. The van der Waals surface area contributed by atoms with Gasteiger partial charge in [0.15, 0.2) is 6.10 Å². The zero-order chi connectivity index (χ0) is 17.0. The van der Waals surface area contributed by atoms with Crippen molar-refractivity contribution in [3.05, 3.63) is 24.3 Å². The first-order valence-corrected chi connectivity index (χ1v) is 7.53. The fourth-order valence-electron chi connectivity index (χ4n) is 2.41. The van der Waals surface area contributed by atoms with Gasteiger partial charge in [-0.3, -0.25) is 9.59 Å². The smallest absolute Gasteiger partial charge is 0.326 e. The van der Waals surface area contributed by atoms with Crippen LogP contribution in [0, 0.1) is 0 Å². The van der Waals surface area contributed by atoms with E-state index in [1.54, 1.807) is 32.0 Å². The van der Waals surface area contributed by atoms with E-state index in [1.165, 1.54) is 4.90 Å². The van der Waals surface area contributed by atoms with Crippen molar-refractivity contribution in [2.45, 2.75) is 38.8 Å². The summed E-state index contributed by atoms with van der Waals surface area (Å²) in [6, 6.07) is 6.21. The van der Waals surface area contributed by atoms with Crippen LogP contribution in [0.4, 0.5) is 5.69 Å². The third-order valence-corrected chi connectivity index (χ3v) is 3.68. The fourth-order valence-corrected chi connectivity index (χ4v) is 2.41. The van der Waals surface area contributed by atoms with Gasteiger partial charge >= 0.3 is 5.97 Å². The van der Waals surface area contributed by atoms with Crippen molar-refractivity contribution in [1.29, 1.82) is 0 Å². The summed E-state index contributed by atoms with van der Waals surface area (Å²) in [5, 5.41) is 11.4. The normalized spacial score (nSPS) is 17.9. The average molecular weight is 320 g/mol. The summed E-state index contributed by atoms with van der Waals surface area (Å²) in [7, 11) is 0. The number of fused-ring (bicyclic) bond motifs is 1. The minimum absolute atomic E-state index is 0.0244. The number of para-hydroxylation sites is 2. The zero-order valence-electron chi connectivity index (χ0n) is 13.1. The second kappa shape index (κ2) is 7.13. The van der Waals surface area contributed by atoms with Crippen LogP contribution in [0.25, 0.3) is 0 Å². The molecule has 0 aromatic heterocycles. The van der Waals surface area contributed by atoms with E-state index in [2.05, 4.69) is 5.32 Å². The van der Waals surface area contributed by atoms with Crippen LogP contribution in [0.2, 0.25) is 0 Å². The summed E-state index contributed by atoms with van der Waals surface area (Å²) in [6.07, 6.45) is -0.288. The lowest BCUT2D eigenvalue weighted by Gasteiger charge is -2.32. The maximum Gasteiger partial charge on any atom is 0.326 e. The van der Waals surface area contributed by atoms with Gasteiger partial charge < -0.3 is 20.1 Å². The van der Waals surface area contributed by atoms with Crippen molar-refractivity contribution >= 4 is 23.5 Å². The molecule has 1 aliphatic rings. The third-order valence-electron chi connectivity index (χ3n) is 3.68. The molecule has 2 amide bonds. The maximum absolute atomic E-state index is 12.3. The number of nitrogens with zero attached hydrogens (tertiary/aromatic N) is 1. The van der Waals surface area contributed by atoms with Gasteiger partial charge in [0.2, 0.25) is 5.91 Å². The van der Waals surface area contributed by atoms with Crippen LogP contribution in [0.15, 0.2) is 24.3 Å². The Labute approximate surface area is 134 Å². The minimum atomic E-state index is -1.07. The Hall–Kier alpha value is -2.57. The zero-order valence-corrected chi connectivity index (χ0v) is 13.1. The van der Waals surface area contributed by atoms with E-state index >= 15 is 0 Å². The van der Waals surface area contributed by atoms with E-state index in [4.69, 9.17) is 9.84 Å². The Balaban J connectivity index is 2.03. The lowest BCUT2D eigenvalue weighted by atomic mass is 10.1. The van der Waals surface area contributed by atoms with Gasteiger partial charge in [-0.25, -0.2) is 4.79 Å². The first kappa shape index (κ1) is 16.8. The van der Waals surface area contributed by atoms with Crippen molar-refractivity contribution in [3.8, 4) is 5.75 Å². The number of benzene rings is 1. The fraction of sp³-hybridized carbons (Fsp3) is 0.438. The lowest BCUT2D eigenvalue weighted by molar-refractivity contribution is -0.141. The molecule has 1 heterocycles. The molecular weight excluding hydrogens is 300 g/mol. The standard InChI is InChI=1S/C16H20N2O5/c1-3-11(16(21)22)17-14(19)8-9-18-12-6-4-5-7-13(12)23-10(2)15(18)20/h4-7,10-11H,3,8-9H2,1-2H3,(H,17,19)(H,21,22). The number of anilines is 1.